The maximum absolute atomic E-state index is 12.1. The minimum atomic E-state index is -0.659. The van der Waals surface area contributed by atoms with Gasteiger partial charge in [-0.05, 0) is 18.4 Å². The molecular formula is C13H21N3O3. The highest BCUT2D eigenvalue weighted by molar-refractivity contribution is 6.10. The largest absolute Gasteiger partial charge is 0.368 e. The van der Waals surface area contributed by atoms with Gasteiger partial charge in [-0.15, -0.1) is 0 Å². The number of rotatable bonds is 6. The number of nitrogens with one attached hydrogen (secondary N) is 1. The molecule has 19 heavy (non-hydrogen) atoms. The van der Waals surface area contributed by atoms with Crippen molar-refractivity contribution in [1.29, 1.82) is 0 Å². The van der Waals surface area contributed by atoms with Crippen LogP contribution in [-0.2, 0) is 14.4 Å². The Bertz CT molecular complexity index is 409. The molecule has 0 aromatic heterocycles. The molecule has 2 fully saturated rings. The van der Waals surface area contributed by atoms with Crippen molar-refractivity contribution >= 4 is 17.7 Å². The Labute approximate surface area is 112 Å². The highest BCUT2D eigenvalue weighted by Crippen LogP contribution is 2.63. The van der Waals surface area contributed by atoms with E-state index < -0.39 is 11.9 Å². The minimum Gasteiger partial charge on any atom is -0.368 e. The first kappa shape index (κ1) is 14.0. The fourth-order valence-corrected chi connectivity index (χ4v) is 2.94. The van der Waals surface area contributed by atoms with Gasteiger partial charge < -0.3 is 11.1 Å². The van der Waals surface area contributed by atoms with Crippen molar-refractivity contribution in [2.45, 2.75) is 33.2 Å². The van der Waals surface area contributed by atoms with Crippen LogP contribution in [-0.4, -0.2) is 41.8 Å². The Balaban J connectivity index is 2.02. The number of carbonyl (C=O) groups excluding carboxylic acids is 3. The zero-order chi connectivity index (χ0) is 14.4. The van der Waals surface area contributed by atoms with Crippen LogP contribution in [0.25, 0.3) is 0 Å². The van der Waals surface area contributed by atoms with E-state index in [1.54, 1.807) is 0 Å². The third-order valence-corrected chi connectivity index (χ3v) is 4.24. The van der Waals surface area contributed by atoms with Crippen LogP contribution in [0.3, 0.4) is 0 Å². The van der Waals surface area contributed by atoms with Crippen LogP contribution < -0.4 is 11.1 Å². The predicted molar refractivity (Wildman–Crippen MR) is 68.8 cm³/mol. The SMILES string of the molecule is CCCNC(CN1C(=O)C2C(C1=O)C2(C)C)C(N)=O. The van der Waals surface area contributed by atoms with Crippen molar-refractivity contribution in [1.82, 2.24) is 10.2 Å². The molecule has 3 N–H and O–H groups in total. The quantitative estimate of drug-likeness (QED) is 0.633. The number of likely N-dealkylation sites (tertiary alicyclic amines) is 1. The van der Waals surface area contributed by atoms with Crippen LogP contribution in [0.2, 0.25) is 0 Å². The summed E-state index contributed by atoms with van der Waals surface area (Å²) in [5.41, 5.74) is 5.08. The van der Waals surface area contributed by atoms with Gasteiger partial charge in [0.2, 0.25) is 17.7 Å². The zero-order valence-electron chi connectivity index (χ0n) is 11.6. The number of nitrogens with two attached hydrogens (primary N) is 1. The summed E-state index contributed by atoms with van der Waals surface area (Å²) < 4.78 is 0. The Morgan fingerprint density at radius 1 is 1.37 bits per heavy atom. The molecule has 3 amide bonds. The maximum Gasteiger partial charge on any atom is 0.236 e. The van der Waals surface area contributed by atoms with Gasteiger partial charge in [0, 0.05) is 0 Å². The first-order valence-corrected chi connectivity index (χ1v) is 6.70. The molecule has 0 radical (unpaired) electrons. The van der Waals surface area contributed by atoms with E-state index >= 15 is 0 Å². The Hall–Kier alpha value is -1.43. The first-order chi connectivity index (χ1) is 8.82. The summed E-state index contributed by atoms with van der Waals surface area (Å²) in [4.78, 5) is 36.8. The number of nitrogens with zero attached hydrogens (tertiary/aromatic N) is 1. The fourth-order valence-electron chi connectivity index (χ4n) is 2.94. The van der Waals surface area contributed by atoms with E-state index in [2.05, 4.69) is 5.32 Å². The second kappa shape index (κ2) is 4.59. The summed E-state index contributed by atoms with van der Waals surface area (Å²) >= 11 is 0. The van der Waals surface area contributed by atoms with Crippen molar-refractivity contribution in [2.24, 2.45) is 23.0 Å². The van der Waals surface area contributed by atoms with Crippen molar-refractivity contribution in [3.05, 3.63) is 0 Å². The van der Waals surface area contributed by atoms with Gasteiger partial charge in [-0.1, -0.05) is 20.8 Å². The second-order valence-electron chi connectivity index (χ2n) is 5.97. The molecule has 2 rings (SSSR count). The van der Waals surface area contributed by atoms with Crippen LogP contribution in [0.4, 0.5) is 0 Å². The minimum absolute atomic E-state index is 0.0517. The average molecular weight is 267 g/mol. The highest BCUT2D eigenvalue weighted by atomic mass is 16.2. The maximum atomic E-state index is 12.1. The molecule has 1 heterocycles. The molecule has 0 bridgehead atoms. The monoisotopic (exact) mass is 267 g/mol. The van der Waals surface area contributed by atoms with Crippen molar-refractivity contribution < 1.29 is 14.4 Å². The van der Waals surface area contributed by atoms with Gasteiger partial charge in [-0.3, -0.25) is 19.3 Å². The Morgan fingerprint density at radius 3 is 2.32 bits per heavy atom. The van der Waals surface area contributed by atoms with Gasteiger partial charge in [0.05, 0.1) is 18.4 Å². The van der Waals surface area contributed by atoms with Gasteiger partial charge in [0.25, 0.3) is 0 Å². The smallest absolute Gasteiger partial charge is 0.236 e. The van der Waals surface area contributed by atoms with E-state index in [-0.39, 0.29) is 35.6 Å². The van der Waals surface area contributed by atoms with E-state index in [0.717, 1.165) is 6.42 Å². The Kier molecular flexibility index (Phi) is 3.38. The summed E-state index contributed by atoms with van der Waals surface area (Å²) in [6, 6.07) is -0.659. The number of primary amides is 1. The molecule has 1 aliphatic heterocycles. The van der Waals surface area contributed by atoms with Crippen molar-refractivity contribution in [2.75, 3.05) is 13.1 Å². The van der Waals surface area contributed by atoms with Crippen molar-refractivity contribution in [3.63, 3.8) is 0 Å². The lowest BCUT2D eigenvalue weighted by Gasteiger charge is -2.24. The summed E-state index contributed by atoms with van der Waals surface area (Å²) in [6.07, 6.45) is 0.851. The van der Waals surface area contributed by atoms with Gasteiger partial charge in [-0.25, -0.2) is 0 Å². The lowest BCUT2D eigenvalue weighted by Crippen LogP contribution is -2.52. The second-order valence-corrected chi connectivity index (χ2v) is 5.97. The van der Waals surface area contributed by atoms with Crippen LogP contribution in [0.1, 0.15) is 27.2 Å². The van der Waals surface area contributed by atoms with Crippen molar-refractivity contribution in [3.8, 4) is 0 Å². The van der Waals surface area contributed by atoms with E-state index in [1.807, 2.05) is 20.8 Å². The summed E-state index contributed by atoms with van der Waals surface area (Å²) in [5, 5.41) is 2.97. The summed E-state index contributed by atoms with van der Waals surface area (Å²) in [7, 11) is 0. The molecule has 0 aromatic rings. The fraction of sp³-hybridized carbons (Fsp3) is 0.769. The molecular weight excluding hydrogens is 246 g/mol. The molecule has 2 aliphatic rings. The van der Waals surface area contributed by atoms with Crippen LogP contribution in [0, 0.1) is 17.3 Å². The standard InChI is InChI=1S/C13H21N3O3/c1-4-5-15-7(10(14)17)6-16-11(18)8-9(12(16)19)13(8,2)3/h7-9,15H,4-6H2,1-3H3,(H2,14,17). The Morgan fingerprint density at radius 2 is 1.89 bits per heavy atom. The van der Waals surface area contributed by atoms with E-state index in [0.29, 0.717) is 6.54 Å². The van der Waals surface area contributed by atoms with E-state index in [1.165, 1.54) is 4.90 Å². The molecule has 1 aliphatic carbocycles. The highest BCUT2D eigenvalue weighted by Gasteiger charge is 2.72. The number of fused-ring (bicyclic) bond motifs is 1. The molecule has 0 spiro atoms. The molecule has 106 valence electrons. The summed E-state index contributed by atoms with van der Waals surface area (Å²) in [5.74, 6) is -1.28. The van der Waals surface area contributed by atoms with Crippen LogP contribution in [0.15, 0.2) is 0 Å². The number of piperidine rings is 1. The summed E-state index contributed by atoms with van der Waals surface area (Å²) in [6.45, 7) is 6.50. The molecule has 0 aromatic carbocycles. The molecule has 1 saturated carbocycles. The predicted octanol–water partition coefficient (Wildman–Crippen LogP) is -0.519. The lowest BCUT2D eigenvalue weighted by atomic mass is 10.1. The normalized spacial score (nSPS) is 29.3. The van der Waals surface area contributed by atoms with E-state index in [4.69, 9.17) is 5.73 Å². The van der Waals surface area contributed by atoms with Gasteiger partial charge >= 0.3 is 0 Å². The molecule has 1 saturated heterocycles. The third kappa shape index (κ3) is 2.14. The third-order valence-electron chi connectivity index (χ3n) is 4.24. The molecule has 3 atom stereocenters. The topological polar surface area (TPSA) is 92.5 Å². The molecule has 6 heteroatoms. The number of imide groups is 1. The van der Waals surface area contributed by atoms with Crippen LogP contribution >= 0.6 is 0 Å². The van der Waals surface area contributed by atoms with Gasteiger partial charge in [-0.2, -0.15) is 0 Å². The average Bonchev–Trinajstić information content (AvgIpc) is 2.79. The molecule has 6 nitrogen and oxygen atoms in total. The van der Waals surface area contributed by atoms with Crippen LogP contribution in [0.5, 0.6) is 0 Å². The first-order valence-electron chi connectivity index (χ1n) is 6.70. The number of hydrogen-bond donors (Lipinski definition) is 2. The van der Waals surface area contributed by atoms with Gasteiger partial charge in [0.1, 0.15) is 6.04 Å². The molecule has 3 unspecified atom stereocenters. The number of hydrogen-bond acceptors (Lipinski definition) is 4. The zero-order valence-corrected chi connectivity index (χ0v) is 11.6. The lowest BCUT2D eigenvalue weighted by molar-refractivity contribution is -0.143. The number of carbonyl (C=O) groups is 3. The van der Waals surface area contributed by atoms with E-state index in [9.17, 15) is 14.4 Å². The van der Waals surface area contributed by atoms with Gasteiger partial charge in [0.15, 0.2) is 0 Å². The number of amides is 3.